The van der Waals surface area contributed by atoms with Gasteiger partial charge in [0.1, 0.15) is 0 Å². The van der Waals surface area contributed by atoms with Crippen LogP contribution < -0.4 is 10.6 Å². The minimum Gasteiger partial charge on any atom is -0.357 e. The second-order valence-corrected chi connectivity index (χ2v) is 7.30. The molecule has 1 unspecified atom stereocenters. The number of amides is 1. The van der Waals surface area contributed by atoms with Crippen LogP contribution in [0, 0.1) is 0 Å². The Labute approximate surface area is 143 Å². The molecule has 1 atom stereocenters. The van der Waals surface area contributed by atoms with Gasteiger partial charge in [-0.1, -0.05) is 19.3 Å². The van der Waals surface area contributed by atoms with Gasteiger partial charge in [0.15, 0.2) is 0 Å². The van der Waals surface area contributed by atoms with E-state index in [2.05, 4.69) is 21.7 Å². The minimum atomic E-state index is -0.0143. The molecule has 24 heavy (non-hydrogen) atoms. The molecule has 128 valence electrons. The van der Waals surface area contributed by atoms with E-state index in [4.69, 9.17) is 0 Å². The zero-order valence-electron chi connectivity index (χ0n) is 14.5. The molecule has 4 nitrogen and oxygen atoms in total. The van der Waals surface area contributed by atoms with E-state index in [1.165, 1.54) is 61.6 Å². The molecule has 1 fully saturated rings. The van der Waals surface area contributed by atoms with Crippen LogP contribution in [0.2, 0.25) is 0 Å². The van der Waals surface area contributed by atoms with Gasteiger partial charge in [-0.15, -0.1) is 0 Å². The molecule has 1 saturated carbocycles. The summed E-state index contributed by atoms with van der Waals surface area (Å²) in [6, 6.07) is 7.12. The number of aromatic nitrogens is 1. The first-order valence-corrected chi connectivity index (χ1v) is 9.39. The van der Waals surface area contributed by atoms with Gasteiger partial charge in [-0.3, -0.25) is 4.79 Å². The van der Waals surface area contributed by atoms with Crippen LogP contribution in [0.1, 0.15) is 72.6 Å². The third kappa shape index (κ3) is 2.84. The van der Waals surface area contributed by atoms with Crippen LogP contribution in [0.4, 0.5) is 0 Å². The van der Waals surface area contributed by atoms with Crippen LogP contribution in [-0.4, -0.2) is 24.0 Å². The Bertz CT molecular complexity index is 743. The van der Waals surface area contributed by atoms with Crippen LogP contribution >= 0.6 is 0 Å². The number of hydrogen-bond donors (Lipinski definition) is 3. The van der Waals surface area contributed by atoms with Crippen molar-refractivity contribution in [3.8, 4) is 0 Å². The maximum absolute atomic E-state index is 11.9. The molecule has 1 aromatic heterocycles. The maximum atomic E-state index is 11.9. The van der Waals surface area contributed by atoms with Crippen LogP contribution in [0.15, 0.2) is 18.2 Å². The first-order valence-electron chi connectivity index (χ1n) is 9.39. The lowest BCUT2D eigenvalue weighted by atomic mass is 9.89. The van der Waals surface area contributed by atoms with Crippen molar-refractivity contribution in [1.29, 1.82) is 0 Å². The molecular weight excluding hydrogens is 298 g/mol. The number of fused-ring (bicyclic) bond motifs is 3. The summed E-state index contributed by atoms with van der Waals surface area (Å²) < 4.78 is 0. The fourth-order valence-corrected chi connectivity index (χ4v) is 4.47. The van der Waals surface area contributed by atoms with Crippen molar-refractivity contribution >= 4 is 16.8 Å². The third-order valence-corrected chi connectivity index (χ3v) is 5.74. The molecule has 4 rings (SSSR count). The maximum Gasteiger partial charge on any atom is 0.251 e. The van der Waals surface area contributed by atoms with Gasteiger partial charge in [0.2, 0.25) is 0 Å². The van der Waals surface area contributed by atoms with Gasteiger partial charge >= 0.3 is 0 Å². The van der Waals surface area contributed by atoms with Crippen molar-refractivity contribution in [1.82, 2.24) is 15.6 Å². The molecular formula is C20H27N3O. The third-order valence-electron chi connectivity index (χ3n) is 5.74. The standard InChI is InChI=1S/C20H27N3O/c1-21-20(24)13-10-11-17-16(12-13)15-8-5-9-18(19(15)23-17)22-14-6-3-2-4-7-14/h10-12,14,18,22-23H,2-9H2,1H3,(H,21,24). The molecule has 3 N–H and O–H groups in total. The predicted molar refractivity (Wildman–Crippen MR) is 97.4 cm³/mol. The highest BCUT2D eigenvalue weighted by molar-refractivity contribution is 5.99. The van der Waals surface area contributed by atoms with E-state index in [-0.39, 0.29) is 5.91 Å². The largest absolute Gasteiger partial charge is 0.357 e. The van der Waals surface area contributed by atoms with Gasteiger partial charge in [-0.2, -0.15) is 0 Å². The van der Waals surface area contributed by atoms with Crippen LogP contribution in [0.3, 0.4) is 0 Å². The topological polar surface area (TPSA) is 56.9 Å². The lowest BCUT2D eigenvalue weighted by molar-refractivity contribution is 0.0963. The monoisotopic (exact) mass is 325 g/mol. The summed E-state index contributed by atoms with van der Waals surface area (Å²) in [6.07, 6.45) is 10.3. The number of benzene rings is 1. The van der Waals surface area contributed by atoms with Crippen LogP contribution in [0.25, 0.3) is 10.9 Å². The molecule has 2 aliphatic rings. The number of carbonyl (C=O) groups excluding carboxylic acids is 1. The quantitative estimate of drug-likeness (QED) is 0.803. The first-order chi connectivity index (χ1) is 11.8. The first kappa shape index (κ1) is 15.7. The van der Waals surface area contributed by atoms with Gasteiger partial charge in [-0.05, 0) is 55.9 Å². The van der Waals surface area contributed by atoms with Crippen molar-refractivity contribution in [3.05, 3.63) is 35.0 Å². The van der Waals surface area contributed by atoms with Gasteiger partial charge in [0.05, 0.1) is 0 Å². The van der Waals surface area contributed by atoms with Gasteiger partial charge in [0.25, 0.3) is 5.91 Å². The molecule has 2 aliphatic carbocycles. The summed E-state index contributed by atoms with van der Waals surface area (Å²) in [5.41, 5.74) is 4.67. The summed E-state index contributed by atoms with van der Waals surface area (Å²) in [7, 11) is 1.68. The van der Waals surface area contributed by atoms with Crippen LogP contribution in [0.5, 0.6) is 0 Å². The average Bonchev–Trinajstić information content (AvgIpc) is 3.01. The number of nitrogens with one attached hydrogen (secondary N) is 3. The Morgan fingerprint density at radius 2 is 1.96 bits per heavy atom. The molecule has 0 saturated heterocycles. The number of rotatable bonds is 3. The summed E-state index contributed by atoms with van der Waals surface area (Å²) in [5.74, 6) is -0.0143. The molecule has 0 spiro atoms. The number of aryl methyl sites for hydroxylation is 1. The zero-order chi connectivity index (χ0) is 16.5. The Morgan fingerprint density at radius 3 is 2.75 bits per heavy atom. The van der Waals surface area contributed by atoms with Crippen molar-refractivity contribution < 1.29 is 4.79 Å². The molecule has 4 heteroatoms. The van der Waals surface area contributed by atoms with E-state index in [0.29, 0.717) is 12.1 Å². The Hall–Kier alpha value is -1.81. The van der Waals surface area contributed by atoms with E-state index >= 15 is 0 Å². The fraction of sp³-hybridized carbons (Fsp3) is 0.550. The Kier molecular flexibility index (Phi) is 4.31. The van der Waals surface area contributed by atoms with Gasteiger partial charge in [-0.25, -0.2) is 0 Å². The smallest absolute Gasteiger partial charge is 0.251 e. The zero-order valence-corrected chi connectivity index (χ0v) is 14.5. The number of H-pyrrole nitrogens is 1. The van der Waals surface area contributed by atoms with Gasteiger partial charge in [0, 0.05) is 41.3 Å². The SMILES string of the molecule is CNC(=O)c1ccc2[nH]c3c(c2c1)CCCC3NC1CCCCC1. The molecule has 0 bridgehead atoms. The summed E-state index contributed by atoms with van der Waals surface area (Å²) in [6.45, 7) is 0. The van der Waals surface area contributed by atoms with Crippen molar-refractivity contribution in [2.75, 3.05) is 7.05 Å². The minimum absolute atomic E-state index is 0.0143. The molecule has 2 aromatic rings. The van der Waals surface area contributed by atoms with E-state index in [9.17, 15) is 4.79 Å². The average molecular weight is 325 g/mol. The van der Waals surface area contributed by atoms with Crippen molar-refractivity contribution in [2.24, 2.45) is 0 Å². The second-order valence-electron chi connectivity index (χ2n) is 7.30. The molecule has 1 amide bonds. The predicted octanol–water partition coefficient (Wildman–Crippen LogP) is 3.83. The van der Waals surface area contributed by atoms with E-state index in [1.807, 2.05) is 12.1 Å². The molecule has 1 heterocycles. The summed E-state index contributed by atoms with van der Waals surface area (Å²) in [5, 5.41) is 7.86. The lowest BCUT2D eigenvalue weighted by Crippen LogP contribution is -2.36. The Morgan fingerprint density at radius 1 is 1.12 bits per heavy atom. The second kappa shape index (κ2) is 6.60. The highest BCUT2D eigenvalue weighted by Gasteiger charge is 2.27. The van der Waals surface area contributed by atoms with E-state index in [0.717, 1.165) is 17.5 Å². The normalized spacial score (nSPS) is 21.6. The summed E-state index contributed by atoms with van der Waals surface area (Å²) >= 11 is 0. The molecule has 1 aromatic carbocycles. The van der Waals surface area contributed by atoms with Crippen molar-refractivity contribution in [3.63, 3.8) is 0 Å². The number of aromatic amines is 1. The fourth-order valence-electron chi connectivity index (χ4n) is 4.47. The molecule has 0 aliphatic heterocycles. The number of hydrogen-bond acceptors (Lipinski definition) is 2. The van der Waals surface area contributed by atoms with Crippen molar-refractivity contribution in [2.45, 2.75) is 63.5 Å². The highest BCUT2D eigenvalue weighted by Crippen LogP contribution is 2.36. The van der Waals surface area contributed by atoms with E-state index < -0.39 is 0 Å². The lowest BCUT2D eigenvalue weighted by Gasteiger charge is -2.31. The van der Waals surface area contributed by atoms with Crippen LogP contribution in [-0.2, 0) is 6.42 Å². The molecule has 0 radical (unpaired) electrons. The Balaban J connectivity index is 1.65. The van der Waals surface area contributed by atoms with E-state index in [1.54, 1.807) is 7.05 Å². The number of carbonyl (C=O) groups is 1. The van der Waals surface area contributed by atoms with Gasteiger partial charge < -0.3 is 15.6 Å². The summed E-state index contributed by atoms with van der Waals surface area (Å²) in [4.78, 5) is 15.6. The highest BCUT2D eigenvalue weighted by atomic mass is 16.1.